The molecular weight excluding hydrogens is 424 g/mol. The number of methoxy groups -OCH3 is 2. The highest BCUT2D eigenvalue weighted by Crippen LogP contribution is 2.32. The molecule has 0 fully saturated rings. The van der Waals surface area contributed by atoms with Crippen molar-refractivity contribution in [2.75, 3.05) is 14.2 Å². The quantitative estimate of drug-likeness (QED) is 0.219. The van der Waals surface area contributed by atoms with E-state index >= 15 is 0 Å². The van der Waals surface area contributed by atoms with Crippen LogP contribution < -0.4 is 9.47 Å². The van der Waals surface area contributed by atoms with Crippen molar-refractivity contribution in [2.45, 2.75) is 27.4 Å². The number of benzene rings is 3. The average Bonchev–Trinajstić information content (AvgIpc) is 3.21. The number of ether oxygens (including phenoxy) is 2. The molecule has 1 heterocycles. The molecule has 5 nitrogen and oxygen atoms in total. The average molecular weight is 455 g/mol. The van der Waals surface area contributed by atoms with E-state index in [1.807, 2.05) is 43.3 Å². The number of aromatic nitrogens is 1. The topological polar surface area (TPSA) is 45.0 Å². The lowest BCUT2D eigenvalue weighted by atomic mass is 10.1. The molecule has 0 bridgehead atoms. The summed E-state index contributed by atoms with van der Waals surface area (Å²) in [6, 6.07) is 26.6. The monoisotopic (exact) mass is 454 g/mol. The van der Waals surface area contributed by atoms with Gasteiger partial charge in [-0.2, -0.15) is 0 Å². The van der Waals surface area contributed by atoms with Gasteiger partial charge in [-0.05, 0) is 74.4 Å². The van der Waals surface area contributed by atoms with Crippen LogP contribution in [0.5, 0.6) is 11.5 Å². The van der Waals surface area contributed by atoms with Crippen molar-refractivity contribution in [1.29, 1.82) is 0 Å². The number of hydrogen-bond donors (Lipinski definition) is 0. The highest BCUT2D eigenvalue weighted by molar-refractivity contribution is 6.01. The van der Waals surface area contributed by atoms with E-state index in [1.165, 1.54) is 5.56 Å². The molecule has 0 saturated heterocycles. The zero-order valence-electron chi connectivity index (χ0n) is 20.3. The van der Waals surface area contributed by atoms with Crippen LogP contribution in [-0.2, 0) is 11.4 Å². The van der Waals surface area contributed by atoms with Gasteiger partial charge in [-0.3, -0.25) is 0 Å². The van der Waals surface area contributed by atoms with E-state index in [4.69, 9.17) is 14.3 Å². The van der Waals surface area contributed by atoms with Crippen LogP contribution in [0.4, 0.5) is 0 Å². The molecule has 0 aliphatic carbocycles. The molecule has 0 aliphatic rings. The Morgan fingerprint density at radius 1 is 0.824 bits per heavy atom. The molecule has 0 aliphatic heterocycles. The van der Waals surface area contributed by atoms with Gasteiger partial charge >= 0.3 is 0 Å². The van der Waals surface area contributed by atoms with Gasteiger partial charge in [0.25, 0.3) is 0 Å². The Kier molecular flexibility index (Phi) is 7.02. The smallest absolute Gasteiger partial charge is 0.142 e. The van der Waals surface area contributed by atoms with Gasteiger partial charge in [0.05, 0.1) is 25.6 Å². The molecule has 3 aromatic carbocycles. The first-order valence-corrected chi connectivity index (χ1v) is 11.2. The SMILES string of the molecule is COc1ccc(CO/N=C(\C)c2cc(-c3cccc(OC)c3)n(-c3cccc(C)c3)c2C)cc1. The third kappa shape index (κ3) is 4.99. The fourth-order valence-electron chi connectivity index (χ4n) is 4.04. The zero-order valence-corrected chi connectivity index (χ0v) is 20.3. The third-order valence-electron chi connectivity index (χ3n) is 5.85. The molecule has 0 atom stereocenters. The van der Waals surface area contributed by atoms with Crippen molar-refractivity contribution in [3.63, 3.8) is 0 Å². The Labute approximate surface area is 201 Å². The summed E-state index contributed by atoms with van der Waals surface area (Å²) in [5.74, 6) is 1.64. The van der Waals surface area contributed by atoms with E-state index in [-0.39, 0.29) is 0 Å². The van der Waals surface area contributed by atoms with Crippen LogP contribution in [-0.4, -0.2) is 24.5 Å². The maximum atomic E-state index is 5.70. The lowest BCUT2D eigenvalue weighted by Gasteiger charge is -2.14. The second-order valence-corrected chi connectivity index (χ2v) is 8.23. The molecule has 0 N–H and O–H groups in total. The minimum atomic E-state index is 0.391. The van der Waals surface area contributed by atoms with Crippen LogP contribution in [0.1, 0.15) is 29.3 Å². The Morgan fingerprint density at radius 3 is 2.26 bits per heavy atom. The standard InChI is InChI=1S/C29H30N2O3/c1-20-8-6-10-25(16-20)31-22(3)28(18-29(31)24-9-7-11-27(17-24)33-5)21(2)30-34-19-23-12-14-26(32-4)15-13-23/h6-18H,19H2,1-5H3/b30-21+. The van der Waals surface area contributed by atoms with E-state index < -0.39 is 0 Å². The van der Waals surface area contributed by atoms with Gasteiger partial charge in [-0.15, -0.1) is 0 Å². The predicted molar refractivity (Wildman–Crippen MR) is 137 cm³/mol. The van der Waals surface area contributed by atoms with Crippen LogP contribution in [0.25, 0.3) is 16.9 Å². The van der Waals surface area contributed by atoms with Crippen LogP contribution in [0.15, 0.2) is 84.0 Å². The molecule has 5 heteroatoms. The van der Waals surface area contributed by atoms with Gasteiger partial charge in [-0.1, -0.05) is 41.6 Å². The normalized spacial score (nSPS) is 11.4. The Balaban J connectivity index is 1.70. The molecule has 1 aromatic heterocycles. The molecule has 4 aromatic rings. The minimum Gasteiger partial charge on any atom is -0.497 e. The van der Waals surface area contributed by atoms with Gasteiger partial charge < -0.3 is 18.9 Å². The van der Waals surface area contributed by atoms with Crippen molar-refractivity contribution in [1.82, 2.24) is 4.57 Å². The number of aryl methyl sites for hydroxylation is 1. The van der Waals surface area contributed by atoms with Crippen molar-refractivity contribution in [3.8, 4) is 28.4 Å². The molecule has 174 valence electrons. The second kappa shape index (κ2) is 10.3. The number of oxime groups is 1. The Hall–Kier alpha value is -3.99. The number of rotatable bonds is 8. The molecule has 0 spiro atoms. The molecule has 0 radical (unpaired) electrons. The van der Waals surface area contributed by atoms with Crippen molar-refractivity contribution in [3.05, 3.63) is 101 Å². The van der Waals surface area contributed by atoms with Crippen molar-refractivity contribution in [2.24, 2.45) is 5.16 Å². The highest BCUT2D eigenvalue weighted by Gasteiger charge is 2.17. The predicted octanol–water partition coefficient (Wildman–Crippen LogP) is 6.72. The fraction of sp³-hybridized carbons (Fsp3) is 0.207. The summed E-state index contributed by atoms with van der Waals surface area (Å²) in [4.78, 5) is 5.70. The minimum absolute atomic E-state index is 0.391. The molecule has 0 unspecified atom stereocenters. The fourth-order valence-corrected chi connectivity index (χ4v) is 4.04. The Morgan fingerprint density at radius 2 is 1.56 bits per heavy atom. The van der Waals surface area contributed by atoms with Crippen LogP contribution in [0.3, 0.4) is 0 Å². The van der Waals surface area contributed by atoms with E-state index in [1.54, 1.807) is 14.2 Å². The summed E-state index contributed by atoms with van der Waals surface area (Å²) in [7, 11) is 3.34. The summed E-state index contributed by atoms with van der Waals surface area (Å²) in [6.07, 6.45) is 0. The van der Waals surface area contributed by atoms with Gasteiger partial charge in [0.1, 0.15) is 18.1 Å². The van der Waals surface area contributed by atoms with Crippen molar-refractivity contribution >= 4 is 5.71 Å². The summed E-state index contributed by atoms with van der Waals surface area (Å²) in [5, 5.41) is 4.43. The summed E-state index contributed by atoms with van der Waals surface area (Å²) in [5.41, 5.74) is 8.44. The largest absolute Gasteiger partial charge is 0.497 e. The molecule has 4 rings (SSSR count). The second-order valence-electron chi connectivity index (χ2n) is 8.23. The van der Waals surface area contributed by atoms with E-state index in [0.717, 1.165) is 51.0 Å². The highest BCUT2D eigenvalue weighted by atomic mass is 16.6. The van der Waals surface area contributed by atoms with Gasteiger partial charge in [0, 0.05) is 22.5 Å². The van der Waals surface area contributed by atoms with Gasteiger partial charge in [0.15, 0.2) is 0 Å². The van der Waals surface area contributed by atoms with Gasteiger partial charge in [0.2, 0.25) is 0 Å². The number of nitrogens with zero attached hydrogens (tertiary/aromatic N) is 2. The maximum Gasteiger partial charge on any atom is 0.142 e. The number of hydrogen-bond acceptors (Lipinski definition) is 4. The molecule has 0 amide bonds. The first kappa shape index (κ1) is 23.2. The summed E-state index contributed by atoms with van der Waals surface area (Å²) >= 11 is 0. The first-order valence-electron chi connectivity index (χ1n) is 11.2. The zero-order chi connectivity index (χ0) is 24.1. The van der Waals surface area contributed by atoms with E-state index in [0.29, 0.717) is 6.61 Å². The summed E-state index contributed by atoms with van der Waals surface area (Å²) < 4.78 is 13.0. The maximum absolute atomic E-state index is 5.70. The van der Waals surface area contributed by atoms with Crippen LogP contribution in [0.2, 0.25) is 0 Å². The molecule has 0 saturated carbocycles. The van der Waals surface area contributed by atoms with E-state index in [9.17, 15) is 0 Å². The lowest BCUT2D eigenvalue weighted by Crippen LogP contribution is -2.03. The molecular formula is C29H30N2O3. The Bertz CT molecular complexity index is 1300. The lowest BCUT2D eigenvalue weighted by molar-refractivity contribution is 0.130. The third-order valence-corrected chi connectivity index (χ3v) is 5.85. The van der Waals surface area contributed by atoms with Crippen LogP contribution >= 0.6 is 0 Å². The first-order chi connectivity index (χ1) is 16.5. The van der Waals surface area contributed by atoms with Crippen molar-refractivity contribution < 1.29 is 14.3 Å². The van der Waals surface area contributed by atoms with Gasteiger partial charge in [-0.25, -0.2) is 0 Å². The molecule has 34 heavy (non-hydrogen) atoms. The summed E-state index contributed by atoms with van der Waals surface area (Å²) in [6.45, 7) is 6.59. The van der Waals surface area contributed by atoms with E-state index in [2.05, 4.69) is 66.0 Å². The van der Waals surface area contributed by atoms with Crippen LogP contribution in [0, 0.1) is 13.8 Å².